The van der Waals surface area contributed by atoms with Gasteiger partial charge in [0.25, 0.3) is 0 Å². The van der Waals surface area contributed by atoms with E-state index in [1.165, 1.54) is 0 Å². The molecule has 18 heavy (non-hydrogen) atoms. The van der Waals surface area contributed by atoms with E-state index in [9.17, 15) is 0 Å². The molecule has 0 amide bonds. The van der Waals surface area contributed by atoms with Crippen LogP contribution in [-0.2, 0) is 0 Å². The van der Waals surface area contributed by atoms with E-state index in [2.05, 4.69) is 19.8 Å². The average molecular weight is 249 g/mol. The van der Waals surface area contributed by atoms with Gasteiger partial charge >= 0.3 is 0 Å². The number of nitrogens with zero attached hydrogens (tertiary/aromatic N) is 4. The first-order chi connectivity index (χ1) is 8.69. The number of hydrogen-bond acceptors (Lipinski definition) is 5. The molecule has 0 atom stereocenters. The van der Waals surface area contributed by atoms with Gasteiger partial charge in [0.1, 0.15) is 0 Å². The lowest BCUT2D eigenvalue weighted by atomic mass is 10.3. The maximum atomic E-state index is 5.54. The molecule has 1 aliphatic heterocycles. The highest BCUT2D eigenvalue weighted by atomic mass is 15.3. The average Bonchev–Trinajstić information content (AvgIpc) is 2.36. The van der Waals surface area contributed by atoms with Crippen LogP contribution in [0.15, 0.2) is 6.07 Å². The smallest absolute Gasteiger partial charge is 0.225 e. The van der Waals surface area contributed by atoms with Gasteiger partial charge in [-0.1, -0.05) is 0 Å². The van der Waals surface area contributed by atoms with Gasteiger partial charge < -0.3 is 10.6 Å². The Labute approximate surface area is 109 Å². The zero-order valence-corrected chi connectivity index (χ0v) is 11.4. The van der Waals surface area contributed by atoms with E-state index in [1.807, 2.05) is 19.9 Å². The number of piperazine rings is 1. The molecule has 2 heterocycles. The van der Waals surface area contributed by atoms with E-state index in [-0.39, 0.29) is 0 Å². The van der Waals surface area contributed by atoms with Crippen molar-refractivity contribution in [3.63, 3.8) is 0 Å². The molecule has 0 unspecified atom stereocenters. The van der Waals surface area contributed by atoms with Crippen molar-refractivity contribution in [3.8, 4) is 0 Å². The molecule has 1 aliphatic rings. The molecule has 2 N–H and O–H groups in total. The molecule has 0 radical (unpaired) electrons. The number of aryl methyl sites for hydroxylation is 2. The van der Waals surface area contributed by atoms with E-state index in [1.54, 1.807) is 0 Å². The molecular formula is C13H23N5. The molecule has 0 spiro atoms. The second kappa shape index (κ2) is 6.11. The Balaban J connectivity index is 1.92. The minimum Gasteiger partial charge on any atom is -0.338 e. The predicted molar refractivity (Wildman–Crippen MR) is 73.8 cm³/mol. The third-order valence-corrected chi connectivity index (χ3v) is 3.30. The minimum atomic E-state index is 0.778. The van der Waals surface area contributed by atoms with Crippen LogP contribution in [0.4, 0.5) is 5.95 Å². The summed E-state index contributed by atoms with van der Waals surface area (Å²) in [5.74, 6) is 0.881. The fourth-order valence-electron chi connectivity index (χ4n) is 2.34. The number of aromatic nitrogens is 2. The van der Waals surface area contributed by atoms with Crippen molar-refractivity contribution >= 4 is 5.95 Å². The van der Waals surface area contributed by atoms with E-state index >= 15 is 0 Å². The highest BCUT2D eigenvalue weighted by Gasteiger charge is 2.18. The van der Waals surface area contributed by atoms with Gasteiger partial charge in [0.2, 0.25) is 5.95 Å². The van der Waals surface area contributed by atoms with Crippen LogP contribution in [0.1, 0.15) is 17.8 Å². The van der Waals surface area contributed by atoms with Crippen molar-refractivity contribution in [2.24, 2.45) is 5.73 Å². The molecule has 1 aromatic heterocycles. The van der Waals surface area contributed by atoms with Crippen molar-refractivity contribution in [1.29, 1.82) is 0 Å². The molecule has 2 rings (SSSR count). The molecule has 1 saturated heterocycles. The van der Waals surface area contributed by atoms with Crippen LogP contribution in [0, 0.1) is 13.8 Å². The number of hydrogen-bond donors (Lipinski definition) is 1. The summed E-state index contributed by atoms with van der Waals surface area (Å²) in [6, 6.07) is 2.01. The molecule has 0 bridgehead atoms. The van der Waals surface area contributed by atoms with Crippen LogP contribution in [-0.4, -0.2) is 54.1 Å². The van der Waals surface area contributed by atoms with Crippen LogP contribution in [0.25, 0.3) is 0 Å². The number of anilines is 1. The fourth-order valence-corrected chi connectivity index (χ4v) is 2.34. The summed E-state index contributed by atoms with van der Waals surface area (Å²) in [6.07, 6.45) is 1.08. The number of rotatable bonds is 4. The topological polar surface area (TPSA) is 58.3 Å². The maximum Gasteiger partial charge on any atom is 0.225 e. The second-order valence-electron chi connectivity index (χ2n) is 4.92. The van der Waals surface area contributed by atoms with Crippen LogP contribution in [0.5, 0.6) is 0 Å². The Morgan fingerprint density at radius 2 is 1.72 bits per heavy atom. The van der Waals surface area contributed by atoms with Gasteiger partial charge in [-0.2, -0.15) is 0 Å². The standard InChI is InChI=1S/C13H23N5/c1-11-10-12(2)16-13(15-11)18-8-6-17(7-9-18)5-3-4-14/h10H,3-9,14H2,1-2H3. The SMILES string of the molecule is Cc1cc(C)nc(N2CCN(CCCN)CC2)n1. The highest BCUT2D eigenvalue weighted by molar-refractivity contribution is 5.32. The quantitative estimate of drug-likeness (QED) is 0.845. The summed E-state index contributed by atoms with van der Waals surface area (Å²) in [5, 5.41) is 0. The van der Waals surface area contributed by atoms with Crippen LogP contribution >= 0.6 is 0 Å². The number of nitrogens with two attached hydrogens (primary N) is 1. The molecular weight excluding hydrogens is 226 g/mol. The third-order valence-electron chi connectivity index (χ3n) is 3.30. The second-order valence-corrected chi connectivity index (χ2v) is 4.92. The summed E-state index contributed by atoms with van der Waals surface area (Å²) < 4.78 is 0. The monoisotopic (exact) mass is 249 g/mol. The lowest BCUT2D eigenvalue weighted by molar-refractivity contribution is 0.255. The first-order valence-corrected chi connectivity index (χ1v) is 6.68. The Kier molecular flexibility index (Phi) is 4.49. The van der Waals surface area contributed by atoms with Gasteiger partial charge in [-0.25, -0.2) is 9.97 Å². The molecule has 0 aliphatic carbocycles. The van der Waals surface area contributed by atoms with E-state index in [4.69, 9.17) is 5.73 Å². The fraction of sp³-hybridized carbons (Fsp3) is 0.692. The van der Waals surface area contributed by atoms with Gasteiger partial charge in [0.05, 0.1) is 0 Å². The first-order valence-electron chi connectivity index (χ1n) is 6.68. The van der Waals surface area contributed by atoms with E-state index < -0.39 is 0 Å². The van der Waals surface area contributed by atoms with Crippen LogP contribution in [0.2, 0.25) is 0 Å². The van der Waals surface area contributed by atoms with Crippen LogP contribution in [0.3, 0.4) is 0 Å². The molecule has 5 nitrogen and oxygen atoms in total. The summed E-state index contributed by atoms with van der Waals surface area (Å²) >= 11 is 0. The van der Waals surface area contributed by atoms with Gasteiger partial charge in [0.15, 0.2) is 0 Å². The summed E-state index contributed by atoms with van der Waals surface area (Å²) in [5.41, 5.74) is 7.63. The van der Waals surface area contributed by atoms with Crippen molar-refractivity contribution in [1.82, 2.24) is 14.9 Å². The Bertz CT molecular complexity index is 365. The minimum absolute atomic E-state index is 0.778. The summed E-state index contributed by atoms with van der Waals surface area (Å²) in [4.78, 5) is 13.8. The van der Waals surface area contributed by atoms with Crippen molar-refractivity contribution < 1.29 is 0 Å². The van der Waals surface area contributed by atoms with Gasteiger partial charge in [-0.3, -0.25) is 4.90 Å². The van der Waals surface area contributed by atoms with Gasteiger partial charge in [0, 0.05) is 37.6 Å². The van der Waals surface area contributed by atoms with Crippen molar-refractivity contribution in [3.05, 3.63) is 17.5 Å². The van der Waals surface area contributed by atoms with Gasteiger partial charge in [-0.05, 0) is 39.4 Å². The Morgan fingerprint density at radius 1 is 1.11 bits per heavy atom. The van der Waals surface area contributed by atoms with Crippen molar-refractivity contribution in [2.75, 3.05) is 44.2 Å². The first kappa shape index (κ1) is 13.2. The zero-order chi connectivity index (χ0) is 13.0. The Morgan fingerprint density at radius 3 is 2.28 bits per heavy atom. The lowest BCUT2D eigenvalue weighted by Crippen LogP contribution is -2.47. The Hall–Kier alpha value is -1.20. The highest BCUT2D eigenvalue weighted by Crippen LogP contribution is 2.12. The van der Waals surface area contributed by atoms with Gasteiger partial charge in [-0.15, -0.1) is 0 Å². The molecule has 0 saturated carbocycles. The van der Waals surface area contributed by atoms with E-state index in [0.29, 0.717) is 0 Å². The third kappa shape index (κ3) is 3.40. The maximum absolute atomic E-state index is 5.54. The molecule has 1 fully saturated rings. The normalized spacial score (nSPS) is 17.2. The molecule has 100 valence electrons. The zero-order valence-electron chi connectivity index (χ0n) is 11.4. The largest absolute Gasteiger partial charge is 0.338 e. The lowest BCUT2D eigenvalue weighted by Gasteiger charge is -2.34. The molecule has 1 aromatic rings. The van der Waals surface area contributed by atoms with E-state index in [0.717, 1.165) is 63.0 Å². The molecule has 5 heteroatoms. The summed E-state index contributed by atoms with van der Waals surface area (Å²) in [7, 11) is 0. The predicted octanol–water partition coefficient (Wildman–Crippen LogP) is 0.564. The summed E-state index contributed by atoms with van der Waals surface area (Å²) in [6.45, 7) is 10.1. The van der Waals surface area contributed by atoms with Crippen LogP contribution < -0.4 is 10.6 Å². The molecule has 0 aromatic carbocycles. The van der Waals surface area contributed by atoms with Crippen molar-refractivity contribution in [2.45, 2.75) is 20.3 Å².